The van der Waals surface area contributed by atoms with Crippen LogP contribution in [0.2, 0.25) is 0 Å². The molecule has 5 atom stereocenters. The van der Waals surface area contributed by atoms with Crippen molar-refractivity contribution >= 4 is 34.2 Å². The lowest BCUT2D eigenvalue weighted by Crippen LogP contribution is -2.38. The van der Waals surface area contributed by atoms with E-state index in [4.69, 9.17) is 4.74 Å². The molecule has 3 aliphatic rings. The maximum atomic E-state index is 13.6. The second kappa shape index (κ2) is 9.14. The molecule has 2 N–H and O–H groups in total. The maximum absolute atomic E-state index is 13.6. The predicted molar refractivity (Wildman–Crippen MR) is 133 cm³/mol. The summed E-state index contributed by atoms with van der Waals surface area (Å²) in [6.07, 6.45) is 4.31. The van der Waals surface area contributed by atoms with Gasteiger partial charge in [-0.3, -0.25) is 9.59 Å². The molecule has 0 spiro atoms. The predicted octanol–water partition coefficient (Wildman–Crippen LogP) is 5.71. The highest BCUT2D eigenvalue weighted by Gasteiger charge is 2.57. The molecule has 34 heavy (non-hydrogen) atoms. The second-order valence-corrected chi connectivity index (χ2v) is 12.5. The summed E-state index contributed by atoms with van der Waals surface area (Å²) < 4.78 is 5.37. The van der Waals surface area contributed by atoms with Gasteiger partial charge in [-0.2, -0.15) is 0 Å². The average Bonchev–Trinajstić information content (AvgIpc) is 3.41. The van der Waals surface area contributed by atoms with Gasteiger partial charge in [-0.1, -0.05) is 31.9 Å². The van der Waals surface area contributed by atoms with Gasteiger partial charge in [0.15, 0.2) is 0 Å². The van der Waals surface area contributed by atoms with Gasteiger partial charge in [-0.25, -0.2) is 4.79 Å². The third kappa shape index (κ3) is 4.21. The number of hydrogen-bond donors (Lipinski definition) is 2. The van der Waals surface area contributed by atoms with Crippen LogP contribution in [0.4, 0.5) is 5.00 Å². The number of fused-ring (bicyclic) bond motifs is 3. The quantitative estimate of drug-likeness (QED) is 0.410. The Kier molecular flexibility index (Phi) is 6.71. The molecule has 0 aliphatic heterocycles. The van der Waals surface area contributed by atoms with Crippen LogP contribution in [0.3, 0.4) is 0 Å². The topological polar surface area (TPSA) is 92.7 Å². The van der Waals surface area contributed by atoms with E-state index in [-0.39, 0.29) is 29.8 Å². The van der Waals surface area contributed by atoms with E-state index in [0.717, 1.165) is 53.7 Å². The highest BCUT2D eigenvalue weighted by Crippen LogP contribution is 2.57. The molecule has 6 nitrogen and oxygen atoms in total. The number of anilines is 1. The van der Waals surface area contributed by atoms with Gasteiger partial charge in [-0.05, 0) is 81.6 Å². The van der Waals surface area contributed by atoms with Gasteiger partial charge < -0.3 is 15.2 Å². The molecule has 2 fully saturated rings. The van der Waals surface area contributed by atoms with Gasteiger partial charge in [0.1, 0.15) is 5.00 Å². The number of carboxylic acid groups (broad SMARTS) is 1. The Balaban J connectivity index is 1.68. The molecule has 0 saturated heterocycles. The van der Waals surface area contributed by atoms with Crippen molar-refractivity contribution < 1.29 is 24.2 Å². The zero-order valence-electron chi connectivity index (χ0n) is 21.1. The first-order chi connectivity index (χ1) is 16.0. The minimum atomic E-state index is -0.907. The smallest absolute Gasteiger partial charge is 0.341 e. The SMILES string of the molecule is CCOC(=O)c1c(NC(=O)[C@H]2[C@H](C(=O)O)[C@H]3CC[C@H]2C3=C(C)C)sc2c1CC[C@@H](C(C)(C)C)C2. The number of thiophene rings is 1. The number of ether oxygens (including phenoxy) is 1. The number of esters is 1. The van der Waals surface area contributed by atoms with Gasteiger partial charge >= 0.3 is 11.9 Å². The molecule has 186 valence electrons. The number of amides is 1. The van der Waals surface area contributed by atoms with Crippen LogP contribution in [0.1, 0.15) is 81.6 Å². The van der Waals surface area contributed by atoms with E-state index in [9.17, 15) is 19.5 Å². The standard InChI is InChI=1S/C27H37NO5S/c1-7-33-26(32)22-15-9-8-14(27(4,5)6)12-18(15)34-24(22)28-23(29)20-16-10-11-17(19(16)13(2)3)21(20)25(30)31/h14,16-17,20-21H,7-12H2,1-6H3,(H,28,29)(H,30,31)/t14-,16+,17+,20-,21-/m1/s1. The van der Waals surface area contributed by atoms with Crippen molar-refractivity contribution in [3.05, 3.63) is 27.2 Å². The Hall–Kier alpha value is -2.15. The lowest BCUT2D eigenvalue weighted by molar-refractivity contribution is -0.148. The van der Waals surface area contributed by atoms with Crippen LogP contribution in [-0.4, -0.2) is 29.6 Å². The summed E-state index contributed by atoms with van der Waals surface area (Å²) in [6, 6.07) is 0. The first-order valence-corrected chi connectivity index (χ1v) is 13.3. The molecule has 0 unspecified atom stereocenters. The Morgan fingerprint density at radius 2 is 1.74 bits per heavy atom. The van der Waals surface area contributed by atoms with Gasteiger partial charge in [0.2, 0.25) is 5.91 Å². The molecule has 7 heteroatoms. The van der Waals surface area contributed by atoms with E-state index in [1.807, 2.05) is 13.8 Å². The highest BCUT2D eigenvalue weighted by molar-refractivity contribution is 7.17. The number of aliphatic carboxylic acids is 1. The van der Waals surface area contributed by atoms with E-state index in [1.54, 1.807) is 6.92 Å². The van der Waals surface area contributed by atoms with E-state index in [2.05, 4.69) is 26.1 Å². The maximum Gasteiger partial charge on any atom is 0.341 e. The van der Waals surface area contributed by atoms with Crippen LogP contribution in [-0.2, 0) is 27.2 Å². The number of rotatable bonds is 5. The summed E-state index contributed by atoms with van der Waals surface area (Å²) in [5, 5.41) is 13.5. The lowest BCUT2D eigenvalue weighted by atomic mass is 9.72. The minimum Gasteiger partial charge on any atom is -0.481 e. The van der Waals surface area contributed by atoms with Crippen LogP contribution >= 0.6 is 11.3 Å². The van der Waals surface area contributed by atoms with Gasteiger partial charge in [-0.15, -0.1) is 11.3 Å². The number of hydrogen-bond acceptors (Lipinski definition) is 5. The van der Waals surface area contributed by atoms with Crippen LogP contribution in [0.5, 0.6) is 0 Å². The van der Waals surface area contributed by atoms with Crippen molar-refractivity contribution in [2.75, 3.05) is 11.9 Å². The Labute approximate surface area is 206 Å². The molecule has 0 aromatic carbocycles. The summed E-state index contributed by atoms with van der Waals surface area (Å²) >= 11 is 1.47. The van der Waals surface area contributed by atoms with E-state index in [1.165, 1.54) is 11.3 Å². The Morgan fingerprint density at radius 3 is 2.29 bits per heavy atom. The molecule has 1 aromatic heterocycles. The largest absolute Gasteiger partial charge is 0.481 e. The molecule has 2 saturated carbocycles. The van der Waals surface area contributed by atoms with Crippen molar-refractivity contribution in [1.82, 2.24) is 0 Å². The number of carbonyl (C=O) groups excluding carboxylic acids is 2. The van der Waals surface area contributed by atoms with Crippen molar-refractivity contribution in [3.63, 3.8) is 0 Å². The molecule has 3 aliphatic carbocycles. The van der Waals surface area contributed by atoms with Crippen LogP contribution < -0.4 is 5.32 Å². The van der Waals surface area contributed by atoms with Crippen molar-refractivity contribution in [3.8, 4) is 0 Å². The van der Waals surface area contributed by atoms with Gasteiger partial charge in [0.25, 0.3) is 0 Å². The summed E-state index contributed by atoms with van der Waals surface area (Å²) in [6.45, 7) is 12.8. The first kappa shape index (κ1) is 25.0. The van der Waals surface area contributed by atoms with Crippen LogP contribution in [0, 0.1) is 35.0 Å². The van der Waals surface area contributed by atoms with Crippen molar-refractivity contribution in [2.24, 2.45) is 35.0 Å². The molecule has 1 heterocycles. The Morgan fingerprint density at radius 1 is 1.09 bits per heavy atom. The van der Waals surface area contributed by atoms with E-state index in [0.29, 0.717) is 16.5 Å². The van der Waals surface area contributed by atoms with Crippen LogP contribution in [0.15, 0.2) is 11.1 Å². The lowest BCUT2D eigenvalue weighted by Gasteiger charge is -2.33. The van der Waals surface area contributed by atoms with Crippen molar-refractivity contribution in [2.45, 2.75) is 73.6 Å². The van der Waals surface area contributed by atoms with E-state index < -0.39 is 23.8 Å². The van der Waals surface area contributed by atoms with Gasteiger partial charge in [0.05, 0.1) is 24.0 Å². The third-order valence-corrected chi connectivity index (χ3v) is 9.38. The number of nitrogens with one attached hydrogen (secondary N) is 1. The van der Waals surface area contributed by atoms with Gasteiger partial charge in [0, 0.05) is 4.88 Å². The summed E-state index contributed by atoms with van der Waals surface area (Å²) in [5.41, 5.74) is 3.90. The molecule has 2 bridgehead atoms. The number of allylic oxidation sites excluding steroid dienone is 2. The number of carbonyl (C=O) groups is 3. The number of carboxylic acids is 1. The molecule has 1 amide bonds. The third-order valence-electron chi connectivity index (χ3n) is 8.21. The van der Waals surface area contributed by atoms with Crippen LogP contribution in [0.25, 0.3) is 0 Å². The van der Waals surface area contributed by atoms with E-state index >= 15 is 0 Å². The fourth-order valence-corrected chi connectivity index (χ4v) is 7.95. The second-order valence-electron chi connectivity index (χ2n) is 11.4. The highest BCUT2D eigenvalue weighted by atomic mass is 32.1. The van der Waals surface area contributed by atoms with Crippen molar-refractivity contribution in [1.29, 1.82) is 0 Å². The molecule has 4 rings (SSSR count). The fourth-order valence-electron chi connectivity index (χ4n) is 6.63. The normalized spacial score (nSPS) is 27.9. The molecule has 1 aromatic rings. The summed E-state index contributed by atoms with van der Waals surface area (Å²) in [5.74, 6) is -2.53. The molecular formula is C27H37NO5S. The Bertz CT molecular complexity index is 1040. The molecule has 0 radical (unpaired) electrons. The molecular weight excluding hydrogens is 450 g/mol. The average molecular weight is 488 g/mol. The summed E-state index contributed by atoms with van der Waals surface area (Å²) in [4.78, 5) is 39.9. The first-order valence-electron chi connectivity index (χ1n) is 12.5. The summed E-state index contributed by atoms with van der Waals surface area (Å²) in [7, 11) is 0. The monoisotopic (exact) mass is 487 g/mol. The zero-order valence-corrected chi connectivity index (χ0v) is 21.9. The fraction of sp³-hybridized carbons (Fsp3) is 0.667. The minimum absolute atomic E-state index is 0.0398. The zero-order chi connectivity index (χ0) is 24.9.